The second-order valence-corrected chi connectivity index (χ2v) is 1.50. The van der Waals surface area contributed by atoms with Gasteiger partial charge in [0.25, 0.3) is 0 Å². The molecule has 0 radical (unpaired) electrons. The van der Waals surface area contributed by atoms with Crippen LogP contribution in [0, 0.1) is 0 Å². The van der Waals surface area contributed by atoms with Crippen LogP contribution in [-0.2, 0) is 27.2 Å². The van der Waals surface area contributed by atoms with Crippen LogP contribution in [0.25, 0.3) is 0 Å². The van der Waals surface area contributed by atoms with Gasteiger partial charge in [0.2, 0.25) is 0 Å². The Hall–Kier alpha value is 1.50. The van der Waals surface area contributed by atoms with Crippen LogP contribution >= 0.6 is 0 Å². The monoisotopic (exact) mass is 180 g/mol. The predicted molar refractivity (Wildman–Crippen MR) is 12.2 cm³/mol. The average Bonchev–Trinajstić information content (AvgIpc) is 0.722. The largest absolute Gasteiger partial charge is 4.00 e. The SMILES string of the molecule is [Mg+2].[O-2].[O-][Si]([O-])([O-])[O-].[Ti+4]. The second kappa shape index (κ2) is 8.50. The fraction of sp³-hybridized carbons (Fsp3) is 0. The molecule has 0 aromatic carbocycles. The molecule has 0 rings (SSSR count). The minimum Gasteiger partial charge on any atom is -2.00 e. The van der Waals surface area contributed by atoms with Crippen molar-refractivity contribution in [3.63, 3.8) is 0 Å². The Balaban J connectivity index is -0.0000000267. The standard InChI is InChI=1S/Mg.O4Si.O.Ti/c;1-5(2,3)4;;/q+2;-4;-2;+4. The summed E-state index contributed by atoms with van der Waals surface area (Å²) >= 11 is 0. The van der Waals surface area contributed by atoms with E-state index in [4.69, 9.17) is 19.2 Å². The van der Waals surface area contributed by atoms with Crippen LogP contribution in [-0.4, -0.2) is 32.1 Å². The van der Waals surface area contributed by atoms with Crippen molar-refractivity contribution in [3.05, 3.63) is 0 Å². The molecule has 0 fully saturated rings. The van der Waals surface area contributed by atoms with E-state index >= 15 is 0 Å². The fourth-order valence-corrected chi connectivity index (χ4v) is 0. The van der Waals surface area contributed by atoms with Crippen LogP contribution in [0.15, 0.2) is 0 Å². The van der Waals surface area contributed by atoms with Crippen molar-refractivity contribution in [1.82, 2.24) is 0 Å². The molecular formula is MgO5SiTi. The molecule has 5 nitrogen and oxygen atoms in total. The Morgan fingerprint density at radius 2 is 0.875 bits per heavy atom. The summed E-state index contributed by atoms with van der Waals surface area (Å²) in [7, 11) is -5.61. The van der Waals surface area contributed by atoms with Gasteiger partial charge in [-0.25, -0.2) is 0 Å². The summed E-state index contributed by atoms with van der Waals surface area (Å²) < 4.78 is 0. The quantitative estimate of drug-likeness (QED) is 0.345. The van der Waals surface area contributed by atoms with Crippen molar-refractivity contribution in [2.45, 2.75) is 0 Å². The molecule has 8 heteroatoms. The molecule has 0 N–H and O–H groups in total. The summed E-state index contributed by atoms with van der Waals surface area (Å²) in [4.78, 5) is 34.3. The van der Waals surface area contributed by atoms with Crippen LogP contribution in [0.5, 0.6) is 0 Å². The first-order valence-corrected chi connectivity index (χ1v) is 2.45. The first-order valence-electron chi connectivity index (χ1n) is 0.816. The Morgan fingerprint density at radius 3 is 0.875 bits per heavy atom. The summed E-state index contributed by atoms with van der Waals surface area (Å²) in [6.45, 7) is 0. The number of hydrogen-bond donors (Lipinski definition) is 0. The van der Waals surface area contributed by atoms with Gasteiger partial charge in [-0.1, -0.05) is 0 Å². The van der Waals surface area contributed by atoms with Gasteiger partial charge in [0.1, 0.15) is 0 Å². The third-order valence-electron chi connectivity index (χ3n) is 0. The first kappa shape index (κ1) is 22.7. The fourth-order valence-electron chi connectivity index (χ4n) is 0. The van der Waals surface area contributed by atoms with Crippen LogP contribution in [0.2, 0.25) is 0 Å². The molecule has 0 saturated carbocycles. The van der Waals surface area contributed by atoms with Gasteiger partial charge in [-0.05, 0) is 0 Å². The molecule has 0 unspecified atom stereocenters. The Morgan fingerprint density at radius 1 is 0.875 bits per heavy atom. The molecule has 0 aliphatic rings. The maximum absolute atomic E-state index is 8.58. The summed E-state index contributed by atoms with van der Waals surface area (Å²) in [6, 6.07) is 0. The molecule has 0 aliphatic heterocycles. The normalized spacial score (nSPS) is 7.50. The van der Waals surface area contributed by atoms with Crippen molar-refractivity contribution in [2.24, 2.45) is 0 Å². The van der Waals surface area contributed by atoms with Crippen LogP contribution < -0.4 is 19.2 Å². The summed E-state index contributed by atoms with van der Waals surface area (Å²) in [5, 5.41) is 0. The molecule has 0 bridgehead atoms. The minimum atomic E-state index is -5.61. The molecule has 0 saturated heterocycles. The average molecular weight is 180 g/mol. The molecule has 0 aromatic rings. The molecule has 0 heterocycles. The molecular weight excluding hydrogens is 180 g/mol. The van der Waals surface area contributed by atoms with Gasteiger partial charge in [0.05, 0.1) is 0 Å². The Bertz CT molecular complexity index is 27.9. The van der Waals surface area contributed by atoms with Crippen molar-refractivity contribution in [3.8, 4) is 0 Å². The van der Waals surface area contributed by atoms with E-state index in [-0.39, 0.29) is 50.2 Å². The van der Waals surface area contributed by atoms with Gasteiger partial charge in [-0.15, -0.1) is 0 Å². The smallest absolute Gasteiger partial charge is 2.00 e. The van der Waals surface area contributed by atoms with E-state index in [9.17, 15) is 0 Å². The van der Waals surface area contributed by atoms with Gasteiger partial charge < -0.3 is 33.7 Å². The number of hydrogen-bond acceptors (Lipinski definition) is 4. The van der Waals surface area contributed by atoms with Gasteiger partial charge >= 0.3 is 44.8 Å². The van der Waals surface area contributed by atoms with Gasteiger partial charge in [0.15, 0.2) is 0 Å². The van der Waals surface area contributed by atoms with Crippen molar-refractivity contribution >= 4 is 32.1 Å². The molecule has 8 heavy (non-hydrogen) atoms. The van der Waals surface area contributed by atoms with Crippen LogP contribution in [0.1, 0.15) is 0 Å². The maximum Gasteiger partial charge on any atom is 4.00 e. The molecule has 0 amide bonds. The van der Waals surface area contributed by atoms with Crippen molar-refractivity contribution < 1.29 is 46.4 Å². The summed E-state index contributed by atoms with van der Waals surface area (Å²) in [5.41, 5.74) is 0. The third kappa shape index (κ3) is 141. The van der Waals surface area contributed by atoms with E-state index in [0.717, 1.165) is 0 Å². The van der Waals surface area contributed by atoms with Crippen LogP contribution in [0.3, 0.4) is 0 Å². The zero-order valence-corrected chi connectivity index (χ0v) is 7.72. The van der Waals surface area contributed by atoms with E-state index in [1.807, 2.05) is 0 Å². The van der Waals surface area contributed by atoms with Gasteiger partial charge in [-0.3, -0.25) is 0 Å². The topological polar surface area (TPSA) is 121 Å². The Kier molecular flexibility index (Phi) is 24.1. The van der Waals surface area contributed by atoms with E-state index in [1.54, 1.807) is 0 Å². The molecule has 0 spiro atoms. The third-order valence-corrected chi connectivity index (χ3v) is 0. The van der Waals surface area contributed by atoms with Gasteiger partial charge in [-0.2, -0.15) is 0 Å². The summed E-state index contributed by atoms with van der Waals surface area (Å²) in [6.07, 6.45) is 0. The molecule has 0 aromatic heterocycles. The van der Waals surface area contributed by atoms with Crippen LogP contribution in [0.4, 0.5) is 0 Å². The van der Waals surface area contributed by atoms with Gasteiger partial charge in [0, 0.05) is 0 Å². The molecule has 0 aliphatic carbocycles. The van der Waals surface area contributed by atoms with E-state index < -0.39 is 9.05 Å². The zero-order chi connectivity index (χ0) is 4.50. The molecule has 40 valence electrons. The molecule has 0 atom stereocenters. The number of rotatable bonds is 0. The van der Waals surface area contributed by atoms with E-state index in [0.29, 0.717) is 0 Å². The second-order valence-electron chi connectivity index (χ2n) is 0.500. The van der Waals surface area contributed by atoms with E-state index in [1.165, 1.54) is 0 Å². The van der Waals surface area contributed by atoms with Crippen molar-refractivity contribution in [2.75, 3.05) is 0 Å². The predicted octanol–water partition coefficient (Wildman–Crippen LogP) is -5.64. The zero-order valence-electron chi connectivity index (χ0n) is 3.75. The maximum atomic E-state index is 8.58. The summed E-state index contributed by atoms with van der Waals surface area (Å²) in [5.74, 6) is 0. The Labute approximate surface area is 78.2 Å². The van der Waals surface area contributed by atoms with Crippen molar-refractivity contribution in [1.29, 1.82) is 0 Å². The minimum absolute atomic E-state index is 0. The first-order chi connectivity index (χ1) is 2.00. The van der Waals surface area contributed by atoms with E-state index in [2.05, 4.69) is 0 Å².